The first kappa shape index (κ1) is 13.8. The van der Waals surface area contributed by atoms with Gasteiger partial charge in [0.05, 0.1) is 0 Å². The van der Waals surface area contributed by atoms with Crippen LogP contribution in [0, 0.1) is 11.8 Å². The molecule has 16 heavy (non-hydrogen) atoms. The fourth-order valence-electron chi connectivity index (χ4n) is 1.47. The smallest absolute Gasteiger partial charge is 0.0485 e. The fraction of sp³-hybridized carbons (Fsp3) is 0.500. The first-order valence-electron chi connectivity index (χ1n) is 5.43. The lowest BCUT2D eigenvalue weighted by Gasteiger charge is -2.20. The van der Waals surface area contributed by atoms with E-state index in [4.69, 9.17) is 17.3 Å². The highest BCUT2D eigenvalue weighted by molar-refractivity contribution is 9.10. The Morgan fingerprint density at radius 1 is 1.44 bits per heavy atom. The minimum absolute atomic E-state index is 0.488. The van der Waals surface area contributed by atoms with E-state index in [0.717, 1.165) is 21.7 Å². The maximum absolute atomic E-state index is 5.88. The van der Waals surface area contributed by atoms with Crippen LogP contribution in [0.1, 0.15) is 13.8 Å². The minimum atomic E-state index is 0.488. The summed E-state index contributed by atoms with van der Waals surface area (Å²) >= 11 is 9.36. The van der Waals surface area contributed by atoms with Gasteiger partial charge in [-0.05, 0) is 52.5 Å². The van der Waals surface area contributed by atoms with Crippen LogP contribution in [0.15, 0.2) is 22.7 Å². The van der Waals surface area contributed by atoms with Crippen molar-refractivity contribution < 1.29 is 0 Å². The molecule has 1 atom stereocenters. The summed E-state index contributed by atoms with van der Waals surface area (Å²) in [5, 5.41) is 4.12. The lowest BCUT2D eigenvalue weighted by atomic mass is 9.96. The Morgan fingerprint density at radius 3 is 2.62 bits per heavy atom. The Bertz CT molecular complexity index is 342. The summed E-state index contributed by atoms with van der Waals surface area (Å²) in [7, 11) is 0. The largest absolute Gasteiger partial charge is 0.384 e. The molecule has 0 fully saturated rings. The maximum Gasteiger partial charge on any atom is 0.0485 e. The zero-order valence-electron chi connectivity index (χ0n) is 9.63. The highest BCUT2D eigenvalue weighted by atomic mass is 79.9. The third-order valence-corrected chi connectivity index (χ3v) is 3.62. The van der Waals surface area contributed by atoms with Crippen molar-refractivity contribution in [2.45, 2.75) is 13.8 Å². The Labute approximate surface area is 111 Å². The van der Waals surface area contributed by atoms with E-state index >= 15 is 0 Å². The van der Waals surface area contributed by atoms with E-state index in [1.165, 1.54) is 0 Å². The van der Waals surface area contributed by atoms with Crippen LogP contribution in [-0.2, 0) is 0 Å². The van der Waals surface area contributed by atoms with Crippen molar-refractivity contribution >= 4 is 33.2 Å². The molecule has 0 saturated heterocycles. The van der Waals surface area contributed by atoms with Gasteiger partial charge < -0.3 is 11.1 Å². The minimum Gasteiger partial charge on any atom is -0.384 e. The van der Waals surface area contributed by atoms with Gasteiger partial charge in [-0.3, -0.25) is 0 Å². The zero-order chi connectivity index (χ0) is 12.1. The molecule has 0 amide bonds. The van der Waals surface area contributed by atoms with Gasteiger partial charge in [-0.25, -0.2) is 0 Å². The van der Waals surface area contributed by atoms with E-state index in [0.29, 0.717) is 18.4 Å². The van der Waals surface area contributed by atoms with Gasteiger partial charge in [0, 0.05) is 21.7 Å². The molecule has 3 N–H and O–H groups in total. The number of benzene rings is 1. The first-order valence-corrected chi connectivity index (χ1v) is 6.60. The Kier molecular flexibility index (Phi) is 5.59. The van der Waals surface area contributed by atoms with E-state index in [1.54, 1.807) is 0 Å². The summed E-state index contributed by atoms with van der Waals surface area (Å²) in [5.41, 5.74) is 6.79. The number of nitrogens with one attached hydrogen (secondary N) is 1. The maximum atomic E-state index is 5.88. The molecule has 0 aliphatic carbocycles. The predicted octanol–water partition coefficient (Wildman–Crippen LogP) is 3.75. The molecule has 1 aromatic carbocycles. The number of hydrogen-bond donors (Lipinski definition) is 2. The third-order valence-electron chi connectivity index (χ3n) is 2.73. The van der Waals surface area contributed by atoms with Crippen molar-refractivity contribution in [3.05, 3.63) is 27.7 Å². The van der Waals surface area contributed by atoms with Gasteiger partial charge in [-0.1, -0.05) is 25.4 Å². The van der Waals surface area contributed by atoms with Crippen molar-refractivity contribution in [3.63, 3.8) is 0 Å². The van der Waals surface area contributed by atoms with Crippen LogP contribution in [0.3, 0.4) is 0 Å². The van der Waals surface area contributed by atoms with Crippen LogP contribution in [0.25, 0.3) is 0 Å². The Morgan fingerprint density at radius 2 is 2.12 bits per heavy atom. The fourth-order valence-corrected chi connectivity index (χ4v) is 2.29. The second-order valence-corrected chi connectivity index (χ2v) is 5.54. The van der Waals surface area contributed by atoms with E-state index < -0.39 is 0 Å². The van der Waals surface area contributed by atoms with Crippen LogP contribution < -0.4 is 11.1 Å². The van der Waals surface area contributed by atoms with Gasteiger partial charge in [0.25, 0.3) is 0 Å². The number of halogens is 2. The lowest BCUT2D eigenvalue weighted by Crippen LogP contribution is -2.27. The van der Waals surface area contributed by atoms with E-state index in [1.807, 2.05) is 18.2 Å². The molecule has 90 valence electrons. The Hall–Kier alpha value is -0.250. The summed E-state index contributed by atoms with van der Waals surface area (Å²) in [6, 6.07) is 5.73. The van der Waals surface area contributed by atoms with Crippen LogP contribution in [0.4, 0.5) is 5.69 Å². The molecule has 0 aliphatic heterocycles. The molecule has 0 bridgehead atoms. The number of nitrogens with two attached hydrogens (primary N) is 1. The van der Waals surface area contributed by atoms with Gasteiger partial charge in [-0.15, -0.1) is 0 Å². The van der Waals surface area contributed by atoms with Crippen molar-refractivity contribution in [1.82, 2.24) is 0 Å². The molecule has 1 rings (SSSR count). The molecule has 0 aliphatic rings. The van der Waals surface area contributed by atoms with Gasteiger partial charge in [0.1, 0.15) is 0 Å². The molecule has 1 unspecified atom stereocenters. The zero-order valence-corrected chi connectivity index (χ0v) is 12.0. The Balaban J connectivity index is 2.60. The average Bonchev–Trinajstić information content (AvgIpc) is 2.21. The standard InChI is InChI=1S/C12H18BrClN2/c1-8(2)9(6-15)7-16-12-4-3-10(14)5-11(12)13/h3-5,8-9,16H,6-7,15H2,1-2H3. The van der Waals surface area contributed by atoms with Crippen LogP contribution in [0.5, 0.6) is 0 Å². The quantitative estimate of drug-likeness (QED) is 0.869. The van der Waals surface area contributed by atoms with Crippen LogP contribution in [-0.4, -0.2) is 13.1 Å². The van der Waals surface area contributed by atoms with Gasteiger partial charge in [0.15, 0.2) is 0 Å². The summed E-state index contributed by atoms with van der Waals surface area (Å²) in [4.78, 5) is 0. The number of rotatable bonds is 5. The van der Waals surface area contributed by atoms with Crippen molar-refractivity contribution in [2.24, 2.45) is 17.6 Å². The van der Waals surface area contributed by atoms with Crippen LogP contribution >= 0.6 is 27.5 Å². The monoisotopic (exact) mass is 304 g/mol. The lowest BCUT2D eigenvalue weighted by molar-refractivity contribution is 0.413. The molecular formula is C12H18BrClN2. The van der Waals surface area contributed by atoms with E-state index in [-0.39, 0.29) is 0 Å². The third kappa shape index (κ3) is 3.96. The molecule has 0 aromatic heterocycles. The molecule has 0 radical (unpaired) electrons. The summed E-state index contributed by atoms with van der Waals surface area (Å²) in [5.74, 6) is 1.08. The molecule has 4 heteroatoms. The molecule has 2 nitrogen and oxygen atoms in total. The van der Waals surface area contributed by atoms with Crippen molar-refractivity contribution in [3.8, 4) is 0 Å². The molecule has 0 saturated carbocycles. The molecular weight excluding hydrogens is 288 g/mol. The molecule has 0 heterocycles. The first-order chi connectivity index (χ1) is 7.54. The summed E-state index contributed by atoms with van der Waals surface area (Å²) < 4.78 is 0.986. The second kappa shape index (κ2) is 6.48. The second-order valence-electron chi connectivity index (χ2n) is 4.24. The predicted molar refractivity (Wildman–Crippen MR) is 75.0 cm³/mol. The summed E-state index contributed by atoms with van der Waals surface area (Å²) in [6.07, 6.45) is 0. The van der Waals surface area contributed by atoms with Crippen LogP contribution in [0.2, 0.25) is 5.02 Å². The van der Waals surface area contributed by atoms with Crippen molar-refractivity contribution in [2.75, 3.05) is 18.4 Å². The van der Waals surface area contributed by atoms with Gasteiger partial charge in [0.2, 0.25) is 0 Å². The normalized spacial score (nSPS) is 12.9. The van der Waals surface area contributed by atoms with E-state index in [9.17, 15) is 0 Å². The number of hydrogen-bond acceptors (Lipinski definition) is 2. The van der Waals surface area contributed by atoms with E-state index in [2.05, 4.69) is 35.1 Å². The van der Waals surface area contributed by atoms with Crippen molar-refractivity contribution in [1.29, 1.82) is 0 Å². The molecule has 0 spiro atoms. The summed E-state index contributed by atoms with van der Waals surface area (Å²) in [6.45, 7) is 5.97. The van der Waals surface area contributed by atoms with Gasteiger partial charge in [-0.2, -0.15) is 0 Å². The number of anilines is 1. The highest BCUT2D eigenvalue weighted by Crippen LogP contribution is 2.26. The average molecular weight is 306 g/mol. The topological polar surface area (TPSA) is 38.0 Å². The van der Waals surface area contributed by atoms with Gasteiger partial charge >= 0.3 is 0 Å². The molecule has 1 aromatic rings. The SMILES string of the molecule is CC(C)C(CN)CNc1ccc(Cl)cc1Br. The highest BCUT2D eigenvalue weighted by Gasteiger charge is 2.11.